The zero-order chi connectivity index (χ0) is 15.8. The van der Waals surface area contributed by atoms with Crippen molar-refractivity contribution in [1.29, 1.82) is 0 Å². The Balaban J connectivity index is 2.20. The van der Waals surface area contributed by atoms with E-state index in [0.717, 1.165) is 6.42 Å². The molecule has 0 aromatic heterocycles. The van der Waals surface area contributed by atoms with Gasteiger partial charge in [0.25, 0.3) is 0 Å². The highest BCUT2D eigenvalue weighted by Gasteiger charge is 2.19. The minimum Gasteiger partial charge on any atom is -0.349 e. The van der Waals surface area contributed by atoms with Gasteiger partial charge in [0.2, 0.25) is 0 Å². The van der Waals surface area contributed by atoms with Crippen LogP contribution >= 0.6 is 0 Å². The van der Waals surface area contributed by atoms with Gasteiger partial charge in [-0.05, 0) is 43.5 Å². The van der Waals surface area contributed by atoms with Crippen LogP contribution in [-0.2, 0) is 0 Å². The van der Waals surface area contributed by atoms with E-state index in [9.17, 15) is 0 Å². The van der Waals surface area contributed by atoms with E-state index in [1.807, 2.05) is 12.1 Å². The molecule has 0 radical (unpaired) electrons. The van der Waals surface area contributed by atoms with Crippen LogP contribution < -0.4 is 0 Å². The van der Waals surface area contributed by atoms with Crippen LogP contribution in [0.3, 0.4) is 0 Å². The van der Waals surface area contributed by atoms with Crippen LogP contribution in [0.15, 0.2) is 73.1 Å². The van der Waals surface area contributed by atoms with Crippen molar-refractivity contribution in [3.63, 3.8) is 0 Å². The largest absolute Gasteiger partial charge is 0.349 e. The highest BCUT2D eigenvalue weighted by Crippen LogP contribution is 2.21. The SMILES string of the molecule is CCC(C)(C)N(C=Cc1ccccc1)C=Cc1ccccc1. The molecule has 0 atom stereocenters. The Morgan fingerprint density at radius 1 is 0.773 bits per heavy atom. The lowest BCUT2D eigenvalue weighted by Gasteiger charge is -2.34. The molecule has 2 aromatic carbocycles. The van der Waals surface area contributed by atoms with Gasteiger partial charge in [0.05, 0.1) is 0 Å². The normalized spacial score (nSPS) is 12.1. The molecule has 1 nitrogen and oxygen atoms in total. The lowest BCUT2D eigenvalue weighted by Crippen LogP contribution is -2.35. The number of nitrogens with zero attached hydrogens (tertiary/aromatic N) is 1. The summed E-state index contributed by atoms with van der Waals surface area (Å²) in [4.78, 5) is 2.28. The predicted molar refractivity (Wildman–Crippen MR) is 97.2 cm³/mol. The van der Waals surface area contributed by atoms with Gasteiger partial charge < -0.3 is 4.90 Å². The molecule has 114 valence electrons. The highest BCUT2D eigenvalue weighted by atomic mass is 15.2. The van der Waals surface area contributed by atoms with Crippen molar-refractivity contribution < 1.29 is 0 Å². The fraction of sp³-hybridized carbons (Fsp3) is 0.238. The number of hydrogen-bond acceptors (Lipinski definition) is 1. The summed E-state index contributed by atoms with van der Waals surface area (Å²) in [5, 5.41) is 0. The molecular formula is C21H25N. The molecule has 0 N–H and O–H groups in total. The number of rotatable bonds is 6. The molecule has 0 saturated carbocycles. The third-order valence-corrected chi connectivity index (χ3v) is 4.02. The first kappa shape index (κ1) is 16.1. The van der Waals surface area contributed by atoms with Gasteiger partial charge in [-0.25, -0.2) is 0 Å². The fourth-order valence-electron chi connectivity index (χ4n) is 2.10. The van der Waals surface area contributed by atoms with Gasteiger partial charge in [-0.3, -0.25) is 0 Å². The molecule has 1 heteroatoms. The van der Waals surface area contributed by atoms with E-state index >= 15 is 0 Å². The smallest absolute Gasteiger partial charge is 0.0381 e. The Kier molecular flexibility index (Phi) is 5.60. The van der Waals surface area contributed by atoms with Crippen LogP contribution in [-0.4, -0.2) is 10.4 Å². The van der Waals surface area contributed by atoms with Crippen molar-refractivity contribution in [3.8, 4) is 0 Å². The second-order valence-electron chi connectivity index (χ2n) is 6.03. The summed E-state index contributed by atoms with van der Waals surface area (Å²) >= 11 is 0. The number of hydrogen-bond donors (Lipinski definition) is 0. The van der Waals surface area contributed by atoms with Crippen LogP contribution in [0.5, 0.6) is 0 Å². The van der Waals surface area contributed by atoms with Crippen molar-refractivity contribution in [2.75, 3.05) is 0 Å². The Morgan fingerprint density at radius 3 is 1.55 bits per heavy atom. The highest BCUT2D eigenvalue weighted by molar-refractivity contribution is 5.51. The maximum absolute atomic E-state index is 2.28. The summed E-state index contributed by atoms with van der Waals surface area (Å²) in [6.07, 6.45) is 9.72. The molecule has 0 spiro atoms. The zero-order valence-electron chi connectivity index (χ0n) is 13.7. The molecule has 0 saturated heterocycles. The monoisotopic (exact) mass is 291 g/mol. The second kappa shape index (κ2) is 7.65. The van der Waals surface area contributed by atoms with Gasteiger partial charge >= 0.3 is 0 Å². The van der Waals surface area contributed by atoms with Crippen molar-refractivity contribution in [2.45, 2.75) is 32.7 Å². The molecule has 2 aromatic rings. The van der Waals surface area contributed by atoms with E-state index < -0.39 is 0 Å². The van der Waals surface area contributed by atoms with E-state index in [0.29, 0.717) is 0 Å². The van der Waals surface area contributed by atoms with Gasteiger partial charge in [0.1, 0.15) is 0 Å². The van der Waals surface area contributed by atoms with E-state index in [1.165, 1.54) is 11.1 Å². The minimum absolute atomic E-state index is 0.0799. The molecular weight excluding hydrogens is 266 g/mol. The van der Waals surface area contributed by atoms with E-state index in [1.54, 1.807) is 0 Å². The molecule has 0 bridgehead atoms. The van der Waals surface area contributed by atoms with Crippen molar-refractivity contribution in [1.82, 2.24) is 4.90 Å². The fourth-order valence-corrected chi connectivity index (χ4v) is 2.10. The van der Waals surface area contributed by atoms with Gasteiger partial charge in [-0.2, -0.15) is 0 Å². The summed E-state index contributed by atoms with van der Waals surface area (Å²) < 4.78 is 0. The first-order chi connectivity index (χ1) is 10.6. The van der Waals surface area contributed by atoms with Crippen LogP contribution in [0.25, 0.3) is 12.2 Å². The second-order valence-corrected chi connectivity index (χ2v) is 6.03. The summed E-state index contributed by atoms with van der Waals surface area (Å²) in [7, 11) is 0. The topological polar surface area (TPSA) is 3.24 Å². The lowest BCUT2D eigenvalue weighted by molar-refractivity contribution is 0.247. The summed E-state index contributed by atoms with van der Waals surface area (Å²) in [5.74, 6) is 0. The Morgan fingerprint density at radius 2 is 1.18 bits per heavy atom. The Bertz CT molecular complexity index is 559. The molecule has 0 aliphatic carbocycles. The van der Waals surface area contributed by atoms with Crippen LogP contribution in [0.4, 0.5) is 0 Å². The molecule has 0 fully saturated rings. The molecule has 22 heavy (non-hydrogen) atoms. The lowest BCUT2D eigenvalue weighted by atomic mass is 10.00. The van der Waals surface area contributed by atoms with Gasteiger partial charge in [-0.15, -0.1) is 0 Å². The van der Waals surface area contributed by atoms with E-state index in [-0.39, 0.29) is 5.54 Å². The van der Waals surface area contributed by atoms with Crippen molar-refractivity contribution in [2.24, 2.45) is 0 Å². The summed E-state index contributed by atoms with van der Waals surface area (Å²) in [6, 6.07) is 20.8. The van der Waals surface area contributed by atoms with E-state index in [2.05, 4.69) is 98.8 Å². The molecule has 0 unspecified atom stereocenters. The van der Waals surface area contributed by atoms with Crippen LogP contribution in [0, 0.1) is 0 Å². The van der Waals surface area contributed by atoms with Gasteiger partial charge in [-0.1, -0.05) is 67.6 Å². The first-order valence-corrected chi connectivity index (χ1v) is 7.87. The van der Waals surface area contributed by atoms with Crippen molar-refractivity contribution >= 4 is 12.2 Å². The minimum atomic E-state index is 0.0799. The van der Waals surface area contributed by atoms with Crippen LogP contribution in [0.2, 0.25) is 0 Å². The first-order valence-electron chi connectivity index (χ1n) is 7.87. The van der Waals surface area contributed by atoms with Gasteiger partial charge in [0.15, 0.2) is 0 Å². The molecule has 2 rings (SSSR count). The average molecular weight is 291 g/mol. The van der Waals surface area contributed by atoms with Gasteiger partial charge in [0, 0.05) is 17.9 Å². The number of benzene rings is 2. The maximum atomic E-state index is 2.28. The molecule has 0 aliphatic heterocycles. The standard InChI is InChI=1S/C21H25N/c1-4-21(2,3)22(17-15-19-11-7-5-8-12-19)18-16-20-13-9-6-10-14-20/h5-18H,4H2,1-3H3. The third kappa shape index (κ3) is 4.63. The zero-order valence-corrected chi connectivity index (χ0v) is 13.7. The van der Waals surface area contributed by atoms with Crippen LogP contribution in [0.1, 0.15) is 38.3 Å². The average Bonchev–Trinajstić information content (AvgIpc) is 2.56. The molecule has 0 heterocycles. The Hall–Kier alpha value is -2.28. The van der Waals surface area contributed by atoms with E-state index in [4.69, 9.17) is 0 Å². The van der Waals surface area contributed by atoms with Crippen molar-refractivity contribution in [3.05, 3.63) is 84.2 Å². The maximum Gasteiger partial charge on any atom is 0.0381 e. The quantitative estimate of drug-likeness (QED) is 0.648. The molecule has 0 amide bonds. The Labute approximate surface area is 134 Å². The third-order valence-electron chi connectivity index (χ3n) is 4.02. The summed E-state index contributed by atoms with van der Waals surface area (Å²) in [6.45, 7) is 6.75. The predicted octanol–water partition coefficient (Wildman–Crippen LogP) is 5.82. The summed E-state index contributed by atoms with van der Waals surface area (Å²) in [5.41, 5.74) is 2.51. The molecule has 0 aliphatic rings.